The van der Waals surface area contributed by atoms with Gasteiger partial charge >= 0.3 is 5.97 Å². The Morgan fingerprint density at radius 2 is 2.21 bits per heavy atom. The molecule has 1 N–H and O–H groups in total. The molecule has 106 valence electrons. The lowest BCUT2D eigenvalue weighted by atomic mass is 10.2. The fourth-order valence-electron chi connectivity index (χ4n) is 1.54. The molecule has 0 aliphatic carbocycles. The highest BCUT2D eigenvalue weighted by Gasteiger charge is 2.10. The van der Waals surface area contributed by atoms with Gasteiger partial charge in [0.1, 0.15) is 0 Å². The Morgan fingerprint density at radius 3 is 2.84 bits per heavy atom. The monoisotopic (exact) mass is 301 g/mol. The lowest BCUT2D eigenvalue weighted by molar-refractivity contribution is -0.137. The van der Waals surface area contributed by atoms with Gasteiger partial charge in [-0.3, -0.25) is 4.79 Å². The molecule has 0 heterocycles. The molecule has 0 fully saturated rings. The number of carbonyl (C=O) groups is 1. The molecule has 1 rings (SSSR count). The second-order valence-electron chi connectivity index (χ2n) is 4.62. The van der Waals surface area contributed by atoms with Crippen LogP contribution in [0.25, 0.3) is 0 Å². The van der Waals surface area contributed by atoms with Gasteiger partial charge in [0.2, 0.25) is 0 Å². The molecule has 0 aromatic heterocycles. The summed E-state index contributed by atoms with van der Waals surface area (Å²) < 4.78 is 4.65. The summed E-state index contributed by atoms with van der Waals surface area (Å²) in [5.41, 5.74) is 1.11. The summed E-state index contributed by atoms with van der Waals surface area (Å²) in [7, 11) is 1.39. The maximum Gasteiger partial charge on any atom is 0.315 e. The van der Waals surface area contributed by atoms with Crippen LogP contribution >= 0.6 is 23.4 Å². The zero-order valence-electron chi connectivity index (χ0n) is 11.5. The minimum atomic E-state index is -0.244. The molecule has 0 saturated carbocycles. The van der Waals surface area contributed by atoms with Gasteiger partial charge in [0, 0.05) is 11.4 Å². The number of halogens is 1. The molecule has 19 heavy (non-hydrogen) atoms. The number of esters is 1. The predicted molar refractivity (Wildman–Crippen MR) is 80.7 cm³/mol. The van der Waals surface area contributed by atoms with E-state index in [1.54, 1.807) is 0 Å². The molecule has 5 heteroatoms. The Labute approximate surface area is 124 Å². The van der Waals surface area contributed by atoms with Crippen molar-refractivity contribution in [2.45, 2.75) is 25.3 Å². The normalized spacial score (nSPS) is 10.8. The van der Waals surface area contributed by atoms with Crippen molar-refractivity contribution in [3.63, 3.8) is 0 Å². The van der Waals surface area contributed by atoms with Crippen molar-refractivity contribution in [1.29, 1.82) is 0 Å². The lowest BCUT2D eigenvalue weighted by Gasteiger charge is -2.12. The molecule has 3 nitrogen and oxygen atoms in total. The summed E-state index contributed by atoms with van der Waals surface area (Å²) in [6.45, 7) is 6.03. The van der Waals surface area contributed by atoms with Crippen molar-refractivity contribution >= 4 is 29.3 Å². The molecule has 0 atom stereocenters. The summed E-state index contributed by atoms with van der Waals surface area (Å²) >= 11 is 7.62. The largest absolute Gasteiger partial charge is 0.468 e. The summed E-state index contributed by atoms with van der Waals surface area (Å²) in [5.74, 6) is 0.633. The minimum Gasteiger partial charge on any atom is -0.468 e. The van der Waals surface area contributed by atoms with Gasteiger partial charge in [0.25, 0.3) is 0 Å². The quantitative estimate of drug-likeness (QED) is 0.619. The summed E-state index contributed by atoms with van der Waals surface area (Å²) in [6.07, 6.45) is 0. The van der Waals surface area contributed by atoms with E-state index in [4.69, 9.17) is 11.6 Å². The van der Waals surface area contributed by atoms with E-state index in [1.807, 2.05) is 18.2 Å². The van der Waals surface area contributed by atoms with Crippen LogP contribution in [0.4, 0.5) is 0 Å². The zero-order valence-corrected chi connectivity index (χ0v) is 13.1. The van der Waals surface area contributed by atoms with E-state index in [-0.39, 0.29) is 11.7 Å². The predicted octanol–water partition coefficient (Wildman–Crippen LogP) is 3.35. The number of benzene rings is 1. The highest BCUT2D eigenvalue weighted by molar-refractivity contribution is 8.00. The van der Waals surface area contributed by atoms with E-state index in [2.05, 4.69) is 23.9 Å². The zero-order chi connectivity index (χ0) is 14.3. The fourth-order valence-corrected chi connectivity index (χ4v) is 2.81. The molecule has 0 aliphatic rings. The second-order valence-corrected chi connectivity index (χ2v) is 6.01. The third kappa shape index (κ3) is 5.85. The molecule has 0 unspecified atom stereocenters. The van der Waals surface area contributed by atoms with Gasteiger partial charge in [0.15, 0.2) is 0 Å². The second kappa shape index (κ2) is 8.46. The van der Waals surface area contributed by atoms with Gasteiger partial charge in [-0.25, -0.2) is 0 Å². The van der Waals surface area contributed by atoms with Crippen LogP contribution < -0.4 is 5.32 Å². The summed E-state index contributed by atoms with van der Waals surface area (Å²) in [4.78, 5) is 12.2. The first kappa shape index (κ1) is 16.3. The molecule has 0 amide bonds. The van der Waals surface area contributed by atoms with Crippen LogP contribution in [0.2, 0.25) is 5.02 Å². The highest BCUT2D eigenvalue weighted by Crippen LogP contribution is 2.30. The summed E-state index contributed by atoms with van der Waals surface area (Å²) in [5, 5.41) is 4.06. The topological polar surface area (TPSA) is 38.3 Å². The Kier molecular flexibility index (Phi) is 7.28. The first-order valence-electron chi connectivity index (χ1n) is 6.22. The van der Waals surface area contributed by atoms with Gasteiger partial charge in [-0.05, 0) is 24.1 Å². The fraction of sp³-hybridized carbons (Fsp3) is 0.500. The number of nitrogens with one attached hydrogen (secondary N) is 1. The first-order valence-corrected chi connectivity index (χ1v) is 7.58. The molecule has 1 aromatic rings. The van der Waals surface area contributed by atoms with Gasteiger partial charge in [0.05, 0.1) is 17.9 Å². The Balaban J connectivity index is 2.68. The van der Waals surface area contributed by atoms with E-state index < -0.39 is 0 Å². The SMILES string of the molecule is COC(=O)CSc1c(Cl)cccc1CNCC(C)C. The first-order chi connectivity index (χ1) is 9.04. The maximum atomic E-state index is 11.2. The van der Waals surface area contributed by atoms with Crippen molar-refractivity contribution in [1.82, 2.24) is 5.32 Å². The Morgan fingerprint density at radius 1 is 1.47 bits per heavy atom. The van der Waals surface area contributed by atoms with Gasteiger partial charge in [-0.15, -0.1) is 11.8 Å². The lowest BCUT2D eigenvalue weighted by Crippen LogP contribution is -2.19. The molecule has 0 aliphatic heterocycles. The number of carbonyl (C=O) groups excluding carboxylic acids is 1. The molecular weight excluding hydrogens is 282 g/mol. The standard InChI is InChI=1S/C14H20ClNO2S/c1-10(2)7-16-8-11-5-4-6-12(15)14(11)19-9-13(17)18-3/h4-6,10,16H,7-9H2,1-3H3. The average Bonchev–Trinajstić information content (AvgIpc) is 2.37. The van der Waals surface area contributed by atoms with Gasteiger partial charge in [-0.1, -0.05) is 37.6 Å². The number of hydrogen-bond donors (Lipinski definition) is 1. The van der Waals surface area contributed by atoms with Crippen LogP contribution in [0.15, 0.2) is 23.1 Å². The molecular formula is C14H20ClNO2S. The van der Waals surface area contributed by atoms with Crippen LogP contribution in [0.1, 0.15) is 19.4 Å². The van der Waals surface area contributed by atoms with Gasteiger partial charge in [-0.2, -0.15) is 0 Å². The summed E-state index contributed by atoms with van der Waals surface area (Å²) in [6, 6.07) is 5.79. The van der Waals surface area contributed by atoms with E-state index in [0.717, 1.165) is 23.5 Å². The number of hydrogen-bond acceptors (Lipinski definition) is 4. The van der Waals surface area contributed by atoms with Crippen molar-refractivity contribution in [2.75, 3.05) is 19.4 Å². The van der Waals surface area contributed by atoms with Gasteiger partial charge < -0.3 is 10.1 Å². The van der Waals surface area contributed by atoms with Crippen LogP contribution in [0.5, 0.6) is 0 Å². The minimum absolute atomic E-state index is 0.244. The van der Waals surface area contributed by atoms with Crippen molar-refractivity contribution in [2.24, 2.45) is 5.92 Å². The molecule has 1 aromatic carbocycles. The van der Waals surface area contributed by atoms with Crippen LogP contribution in [-0.4, -0.2) is 25.4 Å². The van der Waals surface area contributed by atoms with E-state index in [1.165, 1.54) is 18.9 Å². The Hall–Kier alpha value is -0.710. The number of methoxy groups -OCH3 is 1. The highest BCUT2D eigenvalue weighted by atomic mass is 35.5. The molecule has 0 bridgehead atoms. The molecule has 0 saturated heterocycles. The molecule has 0 radical (unpaired) electrons. The van der Waals surface area contributed by atoms with Crippen molar-refractivity contribution in [3.05, 3.63) is 28.8 Å². The van der Waals surface area contributed by atoms with E-state index >= 15 is 0 Å². The van der Waals surface area contributed by atoms with Crippen LogP contribution in [0.3, 0.4) is 0 Å². The van der Waals surface area contributed by atoms with E-state index in [0.29, 0.717) is 10.9 Å². The number of thioether (sulfide) groups is 1. The third-order valence-corrected chi connectivity index (χ3v) is 4.06. The van der Waals surface area contributed by atoms with Crippen molar-refractivity contribution in [3.8, 4) is 0 Å². The van der Waals surface area contributed by atoms with E-state index in [9.17, 15) is 4.79 Å². The molecule has 0 spiro atoms. The number of ether oxygens (including phenoxy) is 1. The number of rotatable bonds is 7. The van der Waals surface area contributed by atoms with Crippen molar-refractivity contribution < 1.29 is 9.53 Å². The van der Waals surface area contributed by atoms with Crippen LogP contribution in [0, 0.1) is 5.92 Å². The smallest absolute Gasteiger partial charge is 0.315 e. The van der Waals surface area contributed by atoms with Crippen LogP contribution in [-0.2, 0) is 16.1 Å². The maximum absolute atomic E-state index is 11.2. The third-order valence-electron chi connectivity index (χ3n) is 2.48. The average molecular weight is 302 g/mol. The Bertz CT molecular complexity index is 424.